The molecule has 0 saturated carbocycles. The molecule has 1 saturated heterocycles. The molecule has 2 atom stereocenters. The standard InChI is InChI=1S/C14H20N4O5/c19-9-12(20)7-16-14(21)10-2-1-5-17(8-10)13-4-3-11(6-15-13)18(22)23/h3-4,6,10,12,19-20H,1-2,5,7-9H2,(H,16,21)/t10-,12+/m0/s1. The molecule has 1 aromatic rings. The van der Waals surface area contributed by atoms with Crippen LogP contribution in [-0.4, -0.2) is 58.4 Å². The molecule has 0 spiro atoms. The zero-order valence-electron chi connectivity index (χ0n) is 12.6. The summed E-state index contributed by atoms with van der Waals surface area (Å²) in [6.45, 7) is 0.811. The zero-order chi connectivity index (χ0) is 16.8. The van der Waals surface area contributed by atoms with Crippen molar-refractivity contribution >= 4 is 17.4 Å². The van der Waals surface area contributed by atoms with Gasteiger partial charge in [0.25, 0.3) is 5.69 Å². The predicted octanol–water partition coefficient (Wildman–Crippen LogP) is -0.324. The van der Waals surface area contributed by atoms with E-state index in [1.54, 1.807) is 6.07 Å². The molecule has 0 radical (unpaired) electrons. The Balaban J connectivity index is 1.94. The van der Waals surface area contributed by atoms with Crippen molar-refractivity contribution in [3.05, 3.63) is 28.4 Å². The second kappa shape index (κ2) is 7.84. The molecule has 23 heavy (non-hydrogen) atoms. The van der Waals surface area contributed by atoms with E-state index in [-0.39, 0.29) is 24.1 Å². The van der Waals surface area contributed by atoms with Crippen LogP contribution in [0.2, 0.25) is 0 Å². The molecule has 126 valence electrons. The maximum Gasteiger partial charge on any atom is 0.287 e. The average Bonchev–Trinajstić information content (AvgIpc) is 2.59. The third-order valence-electron chi connectivity index (χ3n) is 3.78. The number of nitrogens with zero attached hydrogens (tertiary/aromatic N) is 3. The number of piperidine rings is 1. The van der Waals surface area contributed by atoms with Crippen LogP contribution < -0.4 is 10.2 Å². The van der Waals surface area contributed by atoms with E-state index in [4.69, 9.17) is 5.11 Å². The fourth-order valence-electron chi connectivity index (χ4n) is 2.50. The van der Waals surface area contributed by atoms with Crippen LogP contribution in [0.1, 0.15) is 12.8 Å². The molecule has 9 heteroatoms. The molecule has 9 nitrogen and oxygen atoms in total. The lowest BCUT2D eigenvalue weighted by molar-refractivity contribution is -0.385. The summed E-state index contributed by atoms with van der Waals surface area (Å²) in [4.78, 5) is 28.2. The minimum atomic E-state index is -0.963. The van der Waals surface area contributed by atoms with Crippen molar-refractivity contribution in [3.8, 4) is 0 Å². The Kier molecular flexibility index (Phi) is 5.83. The number of carbonyl (C=O) groups excluding carboxylic acids is 1. The first kappa shape index (κ1) is 17.1. The monoisotopic (exact) mass is 324 g/mol. The third-order valence-corrected chi connectivity index (χ3v) is 3.78. The lowest BCUT2D eigenvalue weighted by atomic mass is 9.97. The smallest absolute Gasteiger partial charge is 0.287 e. The minimum absolute atomic E-state index is 0.0155. The van der Waals surface area contributed by atoms with Crippen LogP contribution in [0.4, 0.5) is 11.5 Å². The molecule has 3 N–H and O–H groups in total. The second-order valence-electron chi connectivity index (χ2n) is 5.50. The first-order chi connectivity index (χ1) is 11.0. The average molecular weight is 324 g/mol. The number of aliphatic hydroxyl groups is 2. The van der Waals surface area contributed by atoms with Gasteiger partial charge in [0.2, 0.25) is 5.91 Å². The van der Waals surface area contributed by atoms with Gasteiger partial charge in [-0.15, -0.1) is 0 Å². The van der Waals surface area contributed by atoms with E-state index >= 15 is 0 Å². The normalized spacial score (nSPS) is 19.2. The van der Waals surface area contributed by atoms with E-state index in [2.05, 4.69) is 10.3 Å². The molecule has 0 unspecified atom stereocenters. The van der Waals surface area contributed by atoms with Crippen molar-refractivity contribution in [1.82, 2.24) is 10.3 Å². The number of hydrogen-bond donors (Lipinski definition) is 3. The van der Waals surface area contributed by atoms with E-state index in [1.165, 1.54) is 12.3 Å². The SMILES string of the molecule is O=C(NC[C@@H](O)CO)[C@H]1CCCN(c2ccc([N+](=O)[O-])cn2)C1. The number of aliphatic hydroxyl groups excluding tert-OH is 2. The van der Waals surface area contributed by atoms with Gasteiger partial charge in [-0.1, -0.05) is 0 Å². The highest BCUT2D eigenvalue weighted by Crippen LogP contribution is 2.23. The summed E-state index contributed by atoms with van der Waals surface area (Å²) < 4.78 is 0. The van der Waals surface area contributed by atoms with Crippen LogP contribution in [-0.2, 0) is 4.79 Å². The summed E-state index contributed by atoms with van der Waals surface area (Å²) in [6.07, 6.45) is 1.77. The highest BCUT2D eigenvalue weighted by atomic mass is 16.6. The van der Waals surface area contributed by atoms with E-state index in [9.17, 15) is 20.0 Å². The van der Waals surface area contributed by atoms with Crippen LogP contribution >= 0.6 is 0 Å². The van der Waals surface area contributed by atoms with Crippen molar-refractivity contribution in [2.75, 3.05) is 31.1 Å². The summed E-state index contributed by atoms with van der Waals surface area (Å²) in [5, 5.41) is 31.3. The Morgan fingerprint density at radius 3 is 2.96 bits per heavy atom. The number of nitrogens with one attached hydrogen (secondary N) is 1. The Morgan fingerprint density at radius 2 is 2.35 bits per heavy atom. The maximum absolute atomic E-state index is 12.1. The molecular weight excluding hydrogens is 304 g/mol. The van der Waals surface area contributed by atoms with Gasteiger partial charge in [-0.2, -0.15) is 0 Å². The molecule has 2 heterocycles. The molecule has 0 aromatic carbocycles. The van der Waals surface area contributed by atoms with E-state index in [1.807, 2.05) is 4.90 Å². The number of anilines is 1. The molecule has 1 fully saturated rings. The lowest BCUT2D eigenvalue weighted by Gasteiger charge is -2.32. The summed E-state index contributed by atoms with van der Waals surface area (Å²) in [7, 11) is 0. The number of pyridine rings is 1. The highest BCUT2D eigenvalue weighted by molar-refractivity contribution is 5.79. The lowest BCUT2D eigenvalue weighted by Crippen LogP contribution is -2.45. The summed E-state index contributed by atoms with van der Waals surface area (Å²) in [5.41, 5.74) is -0.0713. The summed E-state index contributed by atoms with van der Waals surface area (Å²) in [6, 6.07) is 2.97. The van der Waals surface area contributed by atoms with Crippen LogP contribution in [0, 0.1) is 16.0 Å². The Labute approximate surface area is 133 Å². The van der Waals surface area contributed by atoms with Crippen molar-refractivity contribution in [2.24, 2.45) is 5.92 Å². The topological polar surface area (TPSA) is 129 Å². The van der Waals surface area contributed by atoms with Gasteiger partial charge >= 0.3 is 0 Å². The number of rotatable bonds is 6. The van der Waals surface area contributed by atoms with Gasteiger partial charge in [-0.05, 0) is 18.9 Å². The van der Waals surface area contributed by atoms with E-state index in [0.717, 1.165) is 19.4 Å². The van der Waals surface area contributed by atoms with Gasteiger partial charge in [-0.3, -0.25) is 14.9 Å². The van der Waals surface area contributed by atoms with Crippen molar-refractivity contribution in [1.29, 1.82) is 0 Å². The minimum Gasteiger partial charge on any atom is -0.394 e. The molecule has 1 amide bonds. The van der Waals surface area contributed by atoms with E-state index in [0.29, 0.717) is 12.4 Å². The first-order valence-corrected chi connectivity index (χ1v) is 7.43. The van der Waals surface area contributed by atoms with Gasteiger partial charge in [-0.25, -0.2) is 4.98 Å². The number of amides is 1. The van der Waals surface area contributed by atoms with Gasteiger partial charge in [0.15, 0.2) is 0 Å². The van der Waals surface area contributed by atoms with Crippen molar-refractivity contribution in [2.45, 2.75) is 18.9 Å². The highest BCUT2D eigenvalue weighted by Gasteiger charge is 2.26. The third kappa shape index (κ3) is 4.60. The summed E-state index contributed by atoms with van der Waals surface area (Å²) >= 11 is 0. The summed E-state index contributed by atoms with van der Waals surface area (Å²) in [5.74, 6) is 0.180. The van der Waals surface area contributed by atoms with Crippen molar-refractivity contribution in [3.63, 3.8) is 0 Å². The molecular formula is C14H20N4O5. The fraction of sp³-hybridized carbons (Fsp3) is 0.571. The fourth-order valence-corrected chi connectivity index (χ4v) is 2.50. The Morgan fingerprint density at radius 1 is 1.57 bits per heavy atom. The number of carbonyl (C=O) groups is 1. The molecule has 0 aliphatic carbocycles. The number of nitro groups is 1. The zero-order valence-corrected chi connectivity index (χ0v) is 12.6. The number of hydrogen-bond acceptors (Lipinski definition) is 7. The van der Waals surface area contributed by atoms with Crippen molar-refractivity contribution < 1.29 is 19.9 Å². The van der Waals surface area contributed by atoms with Crippen LogP contribution in [0.25, 0.3) is 0 Å². The van der Waals surface area contributed by atoms with Crippen LogP contribution in [0.15, 0.2) is 18.3 Å². The van der Waals surface area contributed by atoms with E-state index < -0.39 is 17.6 Å². The quantitative estimate of drug-likeness (QED) is 0.483. The Hall–Kier alpha value is -2.26. The Bertz CT molecular complexity index is 551. The van der Waals surface area contributed by atoms with Gasteiger partial charge in [0, 0.05) is 25.7 Å². The van der Waals surface area contributed by atoms with Crippen LogP contribution in [0.3, 0.4) is 0 Å². The van der Waals surface area contributed by atoms with Gasteiger partial charge < -0.3 is 20.4 Å². The molecule has 1 aliphatic heterocycles. The number of aromatic nitrogens is 1. The largest absolute Gasteiger partial charge is 0.394 e. The van der Waals surface area contributed by atoms with Crippen LogP contribution in [0.5, 0.6) is 0 Å². The molecule has 1 aliphatic rings. The maximum atomic E-state index is 12.1. The molecule has 1 aromatic heterocycles. The van der Waals surface area contributed by atoms with Gasteiger partial charge in [0.1, 0.15) is 12.0 Å². The molecule has 0 bridgehead atoms. The predicted molar refractivity (Wildman–Crippen MR) is 81.9 cm³/mol. The first-order valence-electron chi connectivity index (χ1n) is 7.43. The van der Waals surface area contributed by atoms with Gasteiger partial charge in [0.05, 0.1) is 23.6 Å². The second-order valence-corrected chi connectivity index (χ2v) is 5.50. The molecule has 2 rings (SSSR count).